The van der Waals surface area contributed by atoms with Gasteiger partial charge < -0.3 is 14.8 Å². The third-order valence-corrected chi connectivity index (χ3v) is 6.05. The van der Waals surface area contributed by atoms with E-state index in [9.17, 15) is 10.1 Å². The summed E-state index contributed by atoms with van der Waals surface area (Å²) in [4.78, 5) is 12.6. The Morgan fingerprint density at radius 1 is 1.09 bits per heavy atom. The molecule has 1 amide bonds. The zero-order chi connectivity index (χ0) is 23.8. The molecule has 0 aliphatic carbocycles. The standard InChI is InChI=1S/C25H19Br2ClN2O3/c1-2-32-23-13-16(11-18(14-29)25(31)30-20-9-7-19(28)8-10-20)12-22(27)24(23)33-15-17-5-3-4-6-21(17)26/h3-13H,2,15H2,1H3,(H,30,31)/b18-11+. The van der Waals surface area contributed by atoms with Crippen LogP contribution in [0.15, 0.2) is 75.2 Å². The summed E-state index contributed by atoms with van der Waals surface area (Å²) in [5.41, 5.74) is 2.08. The molecule has 0 spiro atoms. The van der Waals surface area contributed by atoms with Gasteiger partial charge in [0.1, 0.15) is 18.2 Å². The summed E-state index contributed by atoms with van der Waals surface area (Å²) >= 11 is 12.9. The third-order valence-electron chi connectivity index (χ3n) is 4.44. The maximum atomic E-state index is 12.6. The number of benzene rings is 3. The molecule has 0 unspecified atom stereocenters. The van der Waals surface area contributed by atoms with E-state index < -0.39 is 5.91 Å². The lowest BCUT2D eigenvalue weighted by Crippen LogP contribution is -2.13. The van der Waals surface area contributed by atoms with E-state index in [1.54, 1.807) is 36.4 Å². The van der Waals surface area contributed by atoms with E-state index in [2.05, 4.69) is 37.2 Å². The van der Waals surface area contributed by atoms with Crippen LogP contribution in [0.3, 0.4) is 0 Å². The molecule has 0 radical (unpaired) electrons. The average molecular weight is 591 g/mol. The highest BCUT2D eigenvalue weighted by molar-refractivity contribution is 9.10. The number of amides is 1. The Bertz CT molecular complexity index is 1220. The van der Waals surface area contributed by atoms with Crippen molar-refractivity contribution in [1.82, 2.24) is 0 Å². The Kier molecular flexibility index (Phi) is 8.95. The van der Waals surface area contributed by atoms with Crippen LogP contribution in [0.1, 0.15) is 18.1 Å². The maximum Gasteiger partial charge on any atom is 0.266 e. The van der Waals surface area contributed by atoms with Crippen LogP contribution in [-0.2, 0) is 11.4 Å². The number of nitrogens with one attached hydrogen (secondary N) is 1. The summed E-state index contributed by atoms with van der Waals surface area (Å²) in [5, 5.41) is 12.8. The monoisotopic (exact) mass is 588 g/mol. The van der Waals surface area contributed by atoms with Gasteiger partial charge in [-0.2, -0.15) is 5.26 Å². The molecule has 0 saturated carbocycles. The molecule has 168 valence electrons. The number of halogens is 3. The second-order valence-corrected chi connectivity index (χ2v) is 8.92. The van der Waals surface area contributed by atoms with Crippen LogP contribution in [0.2, 0.25) is 5.02 Å². The van der Waals surface area contributed by atoms with Gasteiger partial charge in [0.15, 0.2) is 11.5 Å². The van der Waals surface area contributed by atoms with Crippen molar-refractivity contribution >= 4 is 61.1 Å². The van der Waals surface area contributed by atoms with Crippen molar-refractivity contribution in [2.24, 2.45) is 0 Å². The fourth-order valence-corrected chi connectivity index (χ4v) is 3.99. The summed E-state index contributed by atoms with van der Waals surface area (Å²) in [6.45, 7) is 2.63. The lowest BCUT2D eigenvalue weighted by molar-refractivity contribution is -0.112. The quantitative estimate of drug-likeness (QED) is 0.219. The summed E-state index contributed by atoms with van der Waals surface area (Å²) in [5.74, 6) is 0.512. The van der Waals surface area contributed by atoms with Gasteiger partial charge in [-0.05, 0) is 77.0 Å². The number of carbonyl (C=O) groups excluding carboxylic acids is 1. The molecule has 0 saturated heterocycles. The minimum absolute atomic E-state index is 0.0545. The van der Waals surface area contributed by atoms with E-state index in [1.807, 2.05) is 37.3 Å². The first-order valence-corrected chi connectivity index (χ1v) is 11.9. The highest BCUT2D eigenvalue weighted by Crippen LogP contribution is 2.38. The van der Waals surface area contributed by atoms with Gasteiger partial charge in [-0.15, -0.1) is 0 Å². The highest BCUT2D eigenvalue weighted by Gasteiger charge is 2.15. The van der Waals surface area contributed by atoms with Gasteiger partial charge in [0.25, 0.3) is 5.91 Å². The number of anilines is 1. The van der Waals surface area contributed by atoms with Gasteiger partial charge in [-0.3, -0.25) is 4.79 Å². The van der Waals surface area contributed by atoms with Gasteiger partial charge in [-0.25, -0.2) is 0 Å². The van der Waals surface area contributed by atoms with Crippen molar-refractivity contribution in [3.63, 3.8) is 0 Å². The van der Waals surface area contributed by atoms with Crippen LogP contribution in [-0.4, -0.2) is 12.5 Å². The summed E-state index contributed by atoms with van der Waals surface area (Å²) < 4.78 is 13.4. The molecule has 0 fully saturated rings. The van der Waals surface area contributed by atoms with Crippen LogP contribution >= 0.6 is 43.5 Å². The largest absolute Gasteiger partial charge is 0.490 e. The smallest absolute Gasteiger partial charge is 0.266 e. The summed E-state index contributed by atoms with van der Waals surface area (Å²) in [6, 6.07) is 19.9. The lowest BCUT2D eigenvalue weighted by atomic mass is 10.1. The number of nitriles is 1. The second kappa shape index (κ2) is 11.9. The molecule has 5 nitrogen and oxygen atoms in total. The molecule has 1 N–H and O–H groups in total. The van der Waals surface area contributed by atoms with Crippen molar-refractivity contribution in [1.29, 1.82) is 5.26 Å². The Morgan fingerprint density at radius 2 is 1.82 bits per heavy atom. The zero-order valence-corrected chi connectivity index (χ0v) is 21.5. The van der Waals surface area contributed by atoms with Crippen LogP contribution in [0.25, 0.3) is 6.08 Å². The molecule has 0 aromatic heterocycles. The number of rotatable bonds is 8. The van der Waals surface area contributed by atoms with Crippen LogP contribution in [0.5, 0.6) is 11.5 Å². The Morgan fingerprint density at radius 3 is 2.48 bits per heavy atom. The van der Waals surface area contributed by atoms with Gasteiger partial charge in [0.05, 0.1) is 11.1 Å². The second-order valence-electron chi connectivity index (χ2n) is 6.77. The molecule has 0 heterocycles. The van der Waals surface area contributed by atoms with Gasteiger partial charge in [-0.1, -0.05) is 45.7 Å². The van der Waals surface area contributed by atoms with Crippen LogP contribution in [0, 0.1) is 11.3 Å². The van der Waals surface area contributed by atoms with Gasteiger partial charge in [0, 0.05) is 20.7 Å². The van der Waals surface area contributed by atoms with E-state index in [4.69, 9.17) is 21.1 Å². The van der Waals surface area contributed by atoms with E-state index in [0.717, 1.165) is 10.0 Å². The molecule has 3 aromatic carbocycles. The Balaban J connectivity index is 1.85. The predicted octanol–water partition coefficient (Wildman–Crippen LogP) is 7.39. The highest BCUT2D eigenvalue weighted by atomic mass is 79.9. The normalized spacial score (nSPS) is 10.9. The first kappa shape index (κ1) is 24.8. The molecule has 8 heteroatoms. The molecule has 3 rings (SSSR count). The molecule has 0 atom stereocenters. The van der Waals surface area contributed by atoms with Crippen molar-refractivity contribution in [2.45, 2.75) is 13.5 Å². The number of nitrogens with zero attached hydrogens (tertiary/aromatic N) is 1. The third kappa shape index (κ3) is 6.84. The first-order valence-electron chi connectivity index (χ1n) is 9.92. The number of hydrogen-bond donors (Lipinski definition) is 1. The van der Waals surface area contributed by atoms with Crippen molar-refractivity contribution < 1.29 is 14.3 Å². The molecule has 0 aliphatic rings. The maximum absolute atomic E-state index is 12.6. The van der Waals surface area contributed by atoms with Crippen molar-refractivity contribution in [3.05, 3.63) is 91.3 Å². The summed E-state index contributed by atoms with van der Waals surface area (Å²) in [7, 11) is 0. The lowest BCUT2D eigenvalue weighted by Gasteiger charge is -2.15. The minimum Gasteiger partial charge on any atom is -0.490 e. The van der Waals surface area contributed by atoms with Gasteiger partial charge in [0.2, 0.25) is 0 Å². The first-order chi connectivity index (χ1) is 15.9. The van der Waals surface area contributed by atoms with Crippen molar-refractivity contribution in [2.75, 3.05) is 11.9 Å². The molecular weight excluding hydrogens is 572 g/mol. The fourth-order valence-electron chi connectivity index (χ4n) is 2.89. The van der Waals surface area contributed by atoms with Crippen LogP contribution < -0.4 is 14.8 Å². The van der Waals surface area contributed by atoms with Crippen molar-refractivity contribution in [3.8, 4) is 17.6 Å². The van der Waals surface area contributed by atoms with Crippen LogP contribution in [0.4, 0.5) is 5.69 Å². The van der Waals surface area contributed by atoms with E-state index in [0.29, 0.717) is 45.5 Å². The number of hydrogen-bond acceptors (Lipinski definition) is 4. The zero-order valence-electron chi connectivity index (χ0n) is 17.6. The molecule has 0 bridgehead atoms. The van der Waals surface area contributed by atoms with E-state index >= 15 is 0 Å². The fraction of sp³-hybridized carbons (Fsp3) is 0.120. The van der Waals surface area contributed by atoms with E-state index in [-0.39, 0.29) is 5.57 Å². The SMILES string of the molecule is CCOc1cc(/C=C(\C#N)C(=O)Nc2ccc(Cl)cc2)cc(Br)c1OCc1ccccc1Br. The molecule has 3 aromatic rings. The predicted molar refractivity (Wildman–Crippen MR) is 137 cm³/mol. The Hall–Kier alpha value is -2.79. The average Bonchev–Trinajstić information content (AvgIpc) is 2.79. The Labute approximate surface area is 214 Å². The topological polar surface area (TPSA) is 71.3 Å². The number of ether oxygens (including phenoxy) is 2. The summed E-state index contributed by atoms with van der Waals surface area (Å²) in [6.07, 6.45) is 1.50. The molecule has 0 aliphatic heterocycles. The molecular formula is C25H19Br2ClN2O3. The van der Waals surface area contributed by atoms with E-state index in [1.165, 1.54) is 6.08 Å². The van der Waals surface area contributed by atoms with Gasteiger partial charge >= 0.3 is 0 Å². The molecule has 33 heavy (non-hydrogen) atoms. The minimum atomic E-state index is -0.525. The number of carbonyl (C=O) groups is 1.